The highest BCUT2D eigenvalue weighted by Gasteiger charge is 2.26. The lowest BCUT2D eigenvalue weighted by atomic mass is 10.0. The van der Waals surface area contributed by atoms with Gasteiger partial charge in [-0.05, 0) is 0 Å². The zero-order valence-electron chi connectivity index (χ0n) is 10.5. The molecule has 1 aromatic rings. The van der Waals surface area contributed by atoms with Crippen molar-refractivity contribution in [2.75, 3.05) is 20.2 Å². The lowest BCUT2D eigenvalue weighted by Gasteiger charge is -2.20. The minimum absolute atomic E-state index is 0.217. The molecule has 0 bridgehead atoms. The maximum atomic E-state index is 12.1. The number of ketones is 1. The van der Waals surface area contributed by atoms with Crippen molar-refractivity contribution in [1.82, 2.24) is 5.32 Å². The third kappa shape index (κ3) is 4.07. The Labute approximate surface area is 107 Å². The molecule has 0 amide bonds. The van der Waals surface area contributed by atoms with Crippen LogP contribution in [0.1, 0.15) is 10.4 Å². The normalized spacial score (nSPS) is 13.9. The first-order valence-electron chi connectivity index (χ1n) is 5.82. The van der Waals surface area contributed by atoms with Crippen LogP contribution in [0.3, 0.4) is 0 Å². The number of benzene rings is 1. The standard InChI is InChI=1S/C14H19NO3/c1-3-9-15-10-12(16)14(18-2)13(17)11-7-5-4-6-8-11/h3-8,12,14-16H,1,9-10H2,2H3. The second-order valence-corrected chi connectivity index (χ2v) is 3.90. The van der Waals surface area contributed by atoms with Gasteiger partial charge in [0, 0.05) is 25.8 Å². The first kappa shape index (κ1) is 14.6. The van der Waals surface area contributed by atoms with Gasteiger partial charge in [-0.3, -0.25) is 4.79 Å². The Kier molecular flexibility index (Phi) is 6.28. The molecule has 0 spiro atoms. The van der Waals surface area contributed by atoms with Gasteiger partial charge in [0.1, 0.15) is 12.2 Å². The van der Waals surface area contributed by atoms with Gasteiger partial charge < -0.3 is 15.2 Å². The van der Waals surface area contributed by atoms with Gasteiger partial charge in [0.25, 0.3) is 0 Å². The molecule has 4 nitrogen and oxygen atoms in total. The number of rotatable bonds is 8. The fourth-order valence-corrected chi connectivity index (χ4v) is 1.65. The SMILES string of the molecule is C=CCNCC(O)C(OC)C(=O)c1ccccc1. The van der Waals surface area contributed by atoms with E-state index in [4.69, 9.17) is 4.74 Å². The van der Waals surface area contributed by atoms with Crippen LogP contribution in [0, 0.1) is 0 Å². The van der Waals surface area contributed by atoms with E-state index in [1.165, 1.54) is 7.11 Å². The molecule has 0 aliphatic heterocycles. The Hall–Kier alpha value is -1.49. The van der Waals surface area contributed by atoms with E-state index >= 15 is 0 Å². The quantitative estimate of drug-likeness (QED) is 0.410. The molecule has 0 fully saturated rings. The number of aliphatic hydroxyl groups excluding tert-OH is 1. The number of ether oxygens (including phenoxy) is 1. The van der Waals surface area contributed by atoms with Crippen molar-refractivity contribution >= 4 is 5.78 Å². The Morgan fingerprint density at radius 3 is 2.72 bits per heavy atom. The lowest BCUT2D eigenvalue weighted by molar-refractivity contribution is -0.000560. The largest absolute Gasteiger partial charge is 0.389 e. The molecule has 2 N–H and O–H groups in total. The second kappa shape index (κ2) is 7.76. The van der Waals surface area contributed by atoms with Crippen molar-refractivity contribution in [1.29, 1.82) is 0 Å². The first-order valence-corrected chi connectivity index (χ1v) is 5.82. The third-order valence-corrected chi connectivity index (χ3v) is 2.56. The molecule has 0 heterocycles. The van der Waals surface area contributed by atoms with Gasteiger partial charge >= 0.3 is 0 Å². The molecule has 2 atom stereocenters. The number of Topliss-reactive ketones (excluding diaryl/α,β-unsaturated/α-hetero) is 1. The first-order chi connectivity index (χ1) is 8.70. The fourth-order valence-electron chi connectivity index (χ4n) is 1.65. The Balaban J connectivity index is 2.65. The topological polar surface area (TPSA) is 58.6 Å². The van der Waals surface area contributed by atoms with E-state index in [2.05, 4.69) is 11.9 Å². The molecule has 0 aliphatic carbocycles. The second-order valence-electron chi connectivity index (χ2n) is 3.90. The Bertz CT molecular complexity index is 378. The smallest absolute Gasteiger partial charge is 0.194 e. The number of hydrogen-bond donors (Lipinski definition) is 2. The third-order valence-electron chi connectivity index (χ3n) is 2.56. The highest BCUT2D eigenvalue weighted by atomic mass is 16.5. The summed E-state index contributed by atoms with van der Waals surface area (Å²) >= 11 is 0. The highest BCUT2D eigenvalue weighted by Crippen LogP contribution is 2.09. The van der Waals surface area contributed by atoms with Gasteiger partial charge in [-0.2, -0.15) is 0 Å². The lowest BCUT2D eigenvalue weighted by Crippen LogP contribution is -2.42. The molecule has 98 valence electrons. The van der Waals surface area contributed by atoms with Crippen molar-refractivity contribution in [3.63, 3.8) is 0 Å². The Morgan fingerprint density at radius 2 is 2.17 bits per heavy atom. The van der Waals surface area contributed by atoms with Crippen LogP contribution in [-0.4, -0.2) is 43.3 Å². The van der Waals surface area contributed by atoms with Crippen LogP contribution in [0.5, 0.6) is 0 Å². The average Bonchev–Trinajstić information content (AvgIpc) is 2.41. The molecular formula is C14H19NO3. The summed E-state index contributed by atoms with van der Waals surface area (Å²) in [4.78, 5) is 12.1. The number of carbonyl (C=O) groups is 1. The fraction of sp³-hybridized carbons (Fsp3) is 0.357. The molecule has 0 aromatic heterocycles. The van der Waals surface area contributed by atoms with Crippen LogP contribution in [-0.2, 0) is 4.74 Å². The predicted octanol–water partition coefficient (Wildman–Crippen LogP) is 1.02. The number of hydrogen-bond acceptors (Lipinski definition) is 4. The maximum absolute atomic E-state index is 12.1. The molecule has 4 heteroatoms. The summed E-state index contributed by atoms with van der Waals surface area (Å²) in [6.07, 6.45) is -0.0551. The minimum atomic E-state index is -0.886. The molecule has 0 saturated heterocycles. The van der Waals surface area contributed by atoms with Gasteiger partial charge in [-0.15, -0.1) is 6.58 Å². The van der Waals surface area contributed by atoms with Crippen LogP contribution in [0.15, 0.2) is 43.0 Å². The Morgan fingerprint density at radius 1 is 1.50 bits per heavy atom. The molecule has 0 saturated carbocycles. The van der Waals surface area contributed by atoms with Crippen molar-refractivity contribution in [3.05, 3.63) is 48.6 Å². The average molecular weight is 249 g/mol. The van der Waals surface area contributed by atoms with Crippen LogP contribution in [0.2, 0.25) is 0 Å². The van der Waals surface area contributed by atoms with Gasteiger partial charge in [-0.1, -0.05) is 36.4 Å². The van der Waals surface area contributed by atoms with Gasteiger partial charge in [0.15, 0.2) is 5.78 Å². The van der Waals surface area contributed by atoms with E-state index in [0.29, 0.717) is 12.1 Å². The molecule has 0 aliphatic rings. The monoisotopic (exact) mass is 249 g/mol. The summed E-state index contributed by atoms with van der Waals surface area (Å²) in [6.45, 7) is 4.42. The van der Waals surface area contributed by atoms with Crippen LogP contribution < -0.4 is 5.32 Å². The zero-order chi connectivity index (χ0) is 13.4. The van der Waals surface area contributed by atoms with Crippen molar-refractivity contribution < 1.29 is 14.6 Å². The number of methoxy groups -OCH3 is 1. The van der Waals surface area contributed by atoms with Crippen molar-refractivity contribution in [2.45, 2.75) is 12.2 Å². The van der Waals surface area contributed by atoms with Crippen LogP contribution in [0.25, 0.3) is 0 Å². The van der Waals surface area contributed by atoms with E-state index in [-0.39, 0.29) is 12.3 Å². The zero-order valence-corrected chi connectivity index (χ0v) is 10.5. The predicted molar refractivity (Wildman–Crippen MR) is 70.6 cm³/mol. The number of nitrogens with one attached hydrogen (secondary N) is 1. The van der Waals surface area contributed by atoms with Crippen molar-refractivity contribution in [3.8, 4) is 0 Å². The summed E-state index contributed by atoms with van der Waals surface area (Å²) in [5.41, 5.74) is 0.534. The van der Waals surface area contributed by atoms with Crippen LogP contribution >= 0.6 is 0 Å². The minimum Gasteiger partial charge on any atom is -0.389 e. The molecular weight excluding hydrogens is 230 g/mol. The van der Waals surface area contributed by atoms with E-state index in [1.54, 1.807) is 30.3 Å². The summed E-state index contributed by atoms with van der Waals surface area (Å²) in [5, 5.41) is 12.9. The molecule has 1 aromatic carbocycles. The van der Waals surface area contributed by atoms with Gasteiger partial charge in [0.2, 0.25) is 0 Å². The summed E-state index contributed by atoms with van der Waals surface area (Å²) in [7, 11) is 1.42. The van der Waals surface area contributed by atoms with E-state index in [9.17, 15) is 9.90 Å². The van der Waals surface area contributed by atoms with E-state index < -0.39 is 12.2 Å². The number of aliphatic hydroxyl groups is 1. The molecule has 2 unspecified atom stereocenters. The summed E-state index contributed by atoms with van der Waals surface area (Å²) in [5.74, 6) is -0.217. The van der Waals surface area contributed by atoms with Gasteiger partial charge in [0.05, 0.1) is 0 Å². The molecule has 0 radical (unpaired) electrons. The van der Waals surface area contributed by atoms with E-state index in [1.807, 2.05) is 6.07 Å². The van der Waals surface area contributed by atoms with Crippen LogP contribution in [0.4, 0.5) is 0 Å². The molecule has 18 heavy (non-hydrogen) atoms. The highest BCUT2D eigenvalue weighted by molar-refractivity contribution is 5.99. The number of carbonyl (C=O) groups excluding carboxylic acids is 1. The summed E-state index contributed by atoms with van der Waals surface area (Å²) in [6, 6.07) is 8.81. The molecule has 1 rings (SSSR count). The maximum Gasteiger partial charge on any atom is 0.194 e. The summed E-state index contributed by atoms with van der Waals surface area (Å²) < 4.78 is 5.09. The van der Waals surface area contributed by atoms with Crippen molar-refractivity contribution in [2.24, 2.45) is 0 Å². The van der Waals surface area contributed by atoms with Gasteiger partial charge in [-0.25, -0.2) is 0 Å². The van der Waals surface area contributed by atoms with E-state index in [0.717, 1.165) is 0 Å².